The molecule has 22 nitrogen and oxygen atoms in total. The van der Waals surface area contributed by atoms with Gasteiger partial charge < -0.3 is 56.4 Å². The summed E-state index contributed by atoms with van der Waals surface area (Å²) < 4.78 is 5.93. The fourth-order valence-corrected chi connectivity index (χ4v) is 10.3. The summed E-state index contributed by atoms with van der Waals surface area (Å²) in [7, 11) is 2.91. The van der Waals surface area contributed by atoms with Gasteiger partial charge in [0.05, 0.1) is 37.4 Å². The largest absolute Gasteiger partial charge is 0.391 e. The van der Waals surface area contributed by atoms with Crippen molar-refractivity contribution in [3.63, 3.8) is 0 Å². The van der Waals surface area contributed by atoms with Crippen molar-refractivity contribution in [1.29, 1.82) is 0 Å². The van der Waals surface area contributed by atoms with E-state index in [1.807, 2.05) is 45.9 Å². The predicted molar refractivity (Wildman–Crippen MR) is 310 cm³/mol. The molecule has 0 aliphatic carbocycles. The van der Waals surface area contributed by atoms with Gasteiger partial charge in [0.2, 0.25) is 53.2 Å². The Bertz CT molecular complexity index is 2560. The number of likely N-dealkylation sites (N-methyl/N-ethyl adjacent to an activating group) is 2. The summed E-state index contributed by atoms with van der Waals surface area (Å²) in [4.78, 5) is 160. The molecule has 2 aromatic rings. The highest BCUT2D eigenvalue weighted by Gasteiger charge is 2.42. The number of carbonyl (C=O) groups excluding carboxylic acids is 11. The molecule has 11 atom stereocenters. The van der Waals surface area contributed by atoms with Gasteiger partial charge in [-0.15, -0.1) is 0 Å². The lowest BCUT2D eigenvalue weighted by molar-refractivity contribution is -0.146. The number of hydrogen-bond acceptors (Lipinski definition) is 13. The molecule has 2 heterocycles. The van der Waals surface area contributed by atoms with Crippen molar-refractivity contribution in [2.75, 3.05) is 33.8 Å². The molecule has 9 amide bonds. The lowest BCUT2D eigenvalue weighted by Gasteiger charge is -2.34. The molecule has 4 rings (SSSR count). The van der Waals surface area contributed by atoms with Crippen LogP contribution in [0.2, 0.25) is 0 Å². The first-order valence-corrected chi connectivity index (χ1v) is 29.1. The van der Waals surface area contributed by atoms with Crippen LogP contribution in [0.15, 0.2) is 60.7 Å². The molecule has 0 spiro atoms. The van der Waals surface area contributed by atoms with E-state index in [1.165, 1.54) is 49.6 Å². The Morgan fingerprint density at radius 3 is 1.76 bits per heavy atom. The summed E-state index contributed by atoms with van der Waals surface area (Å²) in [6, 6.07) is 8.27. The molecule has 2 aromatic carbocycles. The Labute approximate surface area is 489 Å². The van der Waals surface area contributed by atoms with Crippen LogP contribution in [0.1, 0.15) is 125 Å². The molecule has 1 unspecified atom stereocenters. The summed E-state index contributed by atoms with van der Waals surface area (Å²) in [6.07, 6.45) is -1.96. The topological polar surface area (TPSA) is 299 Å². The Morgan fingerprint density at radius 1 is 0.602 bits per heavy atom. The highest BCUT2D eigenvalue weighted by molar-refractivity contribution is 5.99. The van der Waals surface area contributed by atoms with Crippen LogP contribution in [0.25, 0.3) is 0 Å². The fraction of sp³-hybridized carbons (Fsp3) is 0.623. The van der Waals surface area contributed by atoms with Crippen molar-refractivity contribution in [1.82, 2.24) is 46.6 Å². The first kappa shape index (κ1) is 68.4. The second-order valence-electron chi connectivity index (χ2n) is 23.6. The van der Waals surface area contributed by atoms with E-state index in [2.05, 4.69) is 31.9 Å². The number of Topliss-reactive ketones (excluding diaryl/α,β-unsaturated/α-hetero) is 2. The van der Waals surface area contributed by atoms with Gasteiger partial charge in [0.25, 0.3) is 0 Å². The molecule has 2 aliphatic heterocycles. The third kappa shape index (κ3) is 21.3. The smallest absolute Gasteiger partial charge is 0.246 e. The predicted octanol–water partition coefficient (Wildman–Crippen LogP) is 2.17. The van der Waals surface area contributed by atoms with Crippen molar-refractivity contribution in [3.05, 3.63) is 71.8 Å². The van der Waals surface area contributed by atoms with Crippen LogP contribution in [0.4, 0.5) is 0 Å². The number of carbonyl (C=O) groups is 11. The SMILES string of the molecule is CC(C)C[C@@H]1NC(=O)[C@H]([C@@H](C)O)NC(=O)[C@@H]2CCCN2C(=O)[C@H](Cc2ccccc2)NC(=O)[C@H](COC(C)C)NC(=O)[C@H](CC(C)C)N(C)C(=O)[C@H](Cc2ccccc2)CC(=O)[C@@H](C)N(C)C(=O)C[C@H](C)NC(=O)CNC(=O)CC(C)C1=O. The van der Waals surface area contributed by atoms with E-state index in [0.717, 1.165) is 5.56 Å². The Hall–Kier alpha value is -7.07. The van der Waals surface area contributed by atoms with Crippen LogP contribution in [0, 0.1) is 23.7 Å². The number of nitrogens with zero attached hydrogens (tertiary/aromatic N) is 3. The zero-order valence-corrected chi connectivity index (χ0v) is 50.5. The van der Waals surface area contributed by atoms with E-state index < -0.39 is 144 Å². The summed E-state index contributed by atoms with van der Waals surface area (Å²) >= 11 is 0. The number of ether oxygens (including phenoxy) is 1. The standard InChI is InChI=1S/C61H91N9O13/c1-35(2)26-45-55(76)38(7)28-51(73)62-33-52(74)63-39(8)29-53(75)68(11)40(9)50(72)32-44(30-42-20-15-13-16-21-42)60(81)69(12)49(27-36(3)4)58(79)66-47(34-83-37(5)6)56(77)65-46(31-43-22-17-14-18-23-43)61(82)70-25-19-24-48(70)57(78)67-54(41(10)71)59(80)64-45/h13-18,20-23,35-41,44-49,54,71H,19,24-34H2,1-12H3,(H,62,73)(H,63,74)(H,64,80)(H,65,77)(H,66,79)(H,67,78)/t38?,39-,40+,41+,44+,45-,46-,47-,48-,49-,54-/m0/s1. The Balaban J connectivity index is 1.78. The number of rotatable bonds is 12. The lowest BCUT2D eigenvalue weighted by Crippen LogP contribution is -2.61. The average Bonchev–Trinajstić information content (AvgIpc) is 4.22. The Morgan fingerprint density at radius 2 is 1.18 bits per heavy atom. The molecule has 0 bridgehead atoms. The number of hydrogen-bond donors (Lipinski definition) is 7. The fourth-order valence-electron chi connectivity index (χ4n) is 10.3. The zero-order chi connectivity index (χ0) is 61.8. The minimum absolute atomic E-state index is 0.0439. The third-order valence-corrected chi connectivity index (χ3v) is 15.1. The van der Waals surface area contributed by atoms with Gasteiger partial charge in [-0.1, -0.05) is 95.3 Å². The second-order valence-corrected chi connectivity index (χ2v) is 23.6. The van der Waals surface area contributed by atoms with Crippen molar-refractivity contribution in [3.8, 4) is 0 Å². The number of fused-ring (bicyclic) bond motifs is 1. The molecular formula is C61H91N9O13. The van der Waals surface area contributed by atoms with Crippen LogP contribution < -0.4 is 31.9 Å². The summed E-state index contributed by atoms with van der Waals surface area (Å²) in [5.74, 6) is -9.37. The minimum Gasteiger partial charge on any atom is -0.391 e. The van der Waals surface area contributed by atoms with Gasteiger partial charge in [0.1, 0.15) is 30.2 Å². The monoisotopic (exact) mass is 1160 g/mol. The van der Waals surface area contributed by atoms with Crippen LogP contribution in [0.5, 0.6) is 0 Å². The van der Waals surface area contributed by atoms with Gasteiger partial charge in [-0.3, -0.25) is 52.7 Å². The van der Waals surface area contributed by atoms with Gasteiger partial charge in [-0.05, 0) is 89.7 Å². The van der Waals surface area contributed by atoms with E-state index in [4.69, 9.17) is 4.74 Å². The van der Waals surface area contributed by atoms with Crippen LogP contribution in [0.3, 0.4) is 0 Å². The highest BCUT2D eigenvalue weighted by Crippen LogP contribution is 2.24. The maximum atomic E-state index is 14.9. The molecule has 0 radical (unpaired) electrons. The first-order chi connectivity index (χ1) is 39.1. The molecule has 2 saturated heterocycles. The van der Waals surface area contributed by atoms with Gasteiger partial charge in [-0.2, -0.15) is 0 Å². The molecule has 0 aromatic heterocycles. The average molecular weight is 1160 g/mol. The molecular weight excluding hydrogens is 1070 g/mol. The van der Waals surface area contributed by atoms with Gasteiger partial charge in [0, 0.05) is 64.2 Å². The number of aliphatic hydroxyl groups excluding tert-OH is 1. The van der Waals surface area contributed by atoms with Gasteiger partial charge in [-0.25, -0.2) is 0 Å². The van der Waals surface area contributed by atoms with Crippen molar-refractivity contribution < 1.29 is 62.6 Å². The maximum absolute atomic E-state index is 14.9. The van der Waals surface area contributed by atoms with Gasteiger partial charge in [0.15, 0.2) is 11.6 Å². The number of nitrogens with one attached hydrogen (secondary N) is 6. The molecule has 458 valence electrons. The lowest BCUT2D eigenvalue weighted by atomic mass is 9.90. The molecule has 0 saturated carbocycles. The van der Waals surface area contributed by atoms with E-state index in [0.29, 0.717) is 12.0 Å². The van der Waals surface area contributed by atoms with E-state index >= 15 is 0 Å². The number of amides is 9. The normalized spacial score (nSPS) is 26.9. The molecule has 83 heavy (non-hydrogen) atoms. The minimum atomic E-state index is -1.60. The summed E-state index contributed by atoms with van der Waals surface area (Å²) in [5, 5.41) is 27.1. The summed E-state index contributed by atoms with van der Waals surface area (Å²) in [6.45, 7) is 16.0. The summed E-state index contributed by atoms with van der Waals surface area (Å²) in [5.41, 5.74) is 1.39. The van der Waals surface area contributed by atoms with Crippen LogP contribution >= 0.6 is 0 Å². The first-order valence-electron chi connectivity index (χ1n) is 29.1. The molecule has 2 fully saturated rings. The molecule has 22 heteroatoms. The van der Waals surface area contributed by atoms with Crippen molar-refractivity contribution >= 4 is 64.7 Å². The maximum Gasteiger partial charge on any atom is 0.246 e. The van der Waals surface area contributed by atoms with Gasteiger partial charge >= 0.3 is 0 Å². The van der Waals surface area contributed by atoms with Crippen molar-refractivity contribution in [2.45, 2.75) is 188 Å². The number of ketones is 2. The second kappa shape index (κ2) is 32.7. The van der Waals surface area contributed by atoms with E-state index in [-0.39, 0.29) is 76.4 Å². The Kier molecular flexibility index (Phi) is 27.0. The molecule has 2 aliphatic rings. The zero-order valence-electron chi connectivity index (χ0n) is 50.5. The highest BCUT2D eigenvalue weighted by atomic mass is 16.5. The van der Waals surface area contributed by atoms with Crippen LogP contribution in [-0.4, -0.2) is 179 Å². The number of aliphatic hydroxyl groups is 1. The molecule has 7 N–H and O–H groups in total. The third-order valence-electron chi connectivity index (χ3n) is 15.1. The quantitative estimate of drug-likeness (QED) is 0.161. The van der Waals surface area contributed by atoms with E-state index in [1.54, 1.807) is 63.2 Å². The van der Waals surface area contributed by atoms with E-state index in [9.17, 15) is 57.8 Å². The van der Waals surface area contributed by atoms with Crippen LogP contribution in [-0.2, 0) is 70.3 Å². The number of benzene rings is 2. The van der Waals surface area contributed by atoms with Crippen molar-refractivity contribution in [2.24, 2.45) is 23.7 Å².